The Morgan fingerprint density at radius 2 is 1.84 bits per heavy atom. The summed E-state index contributed by atoms with van der Waals surface area (Å²) in [6.07, 6.45) is 1.04. The van der Waals surface area contributed by atoms with Gasteiger partial charge in [0.15, 0.2) is 0 Å². The quantitative estimate of drug-likeness (QED) is 0.465. The average Bonchev–Trinajstić information content (AvgIpc) is 3.17. The summed E-state index contributed by atoms with van der Waals surface area (Å²) in [6, 6.07) is 13.8. The highest BCUT2D eigenvalue weighted by atomic mass is 35.5. The Kier molecular flexibility index (Phi) is 8.24. The first kappa shape index (κ1) is 27.9. The maximum Gasteiger partial charge on any atom is 0.304 e. The van der Waals surface area contributed by atoms with Crippen molar-refractivity contribution in [3.8, 4) is 0 Å². The number of hydrogen-bond donors (Lipinski definition) is 1. The number of carboxylic acids is 1. The van der Waals surface area contributed by atoms with Crippen molar-refractivity contribution < 1.29 is 23.1 Å². The van der Waals surface area contributed by atoms with E-state index in [9.17, 15) is 23.1 Å². The van der Waals surface area contributed by atoms with Gasteiger partial charge in [-0.1, -0.05) is 61.3 Å². The van der Waals surface area contributed by atoms with Crippen LogP contribution in [0, 0.1) is 5.41 Å². The van der Waals surface area contributed by atoms with Crippen molar-refractivity contribution in [2.75, 3.05) is 18.8 Å². The smallest absolute Gasteiger partial charge is 0.304 e. The van der Waals surface area contributed by atoms with Crippen LogP contribution in [0.3, 0.4) is 0 Å². The van der Waals surface area contributed by atoms with Crippen LogP contribution in [0.5, 0.6) is 0 Å². The first-order valence-corrected chi connectivity index (χ1v) is 14.8. The Hall–Kier alpha value is -2.13. The maximum atomic E-state index is 14.3. The summed E-state index contributed by atoms with van der Waals surface area (Å²) in [6.45, 7) is 4.21. The molecule has 0 aromatic heterocycles. The van der Waals surface area contributed by atoms with E-state index in [1.54, 1.807) is 30.0 Å². The lowest BCUT2D eigenvalue weighted by molar-refractivity contribution is -0.160. The van der Waals surface area contributed by atoms with Crippen LogP contribution >= 0.6 is 23.2 Å². The third-order valence-corrected chi connectivity index (χ3v) is 10.0. The minimum absolute atomic E-state index is 0.0971. The number of benzene rings is 2. The highest BCUT2D eigenvalue weighted by Crippen LogP contribution is 2.52. The topological polar surface area (TPSA) is 95.0 Å². The second-order valence-corrected chi connectivity index (χ2v) is 13.3. The van der Waals surface area contributed by atoms with Gasteiger partial charge in [0, 0.05) is 35.1 Å². The molecular formula is C27H32Cl2N2O5S. The number of likely N-dealkylation sites (tertiary alicyclic amines) is 1. The summed E-state index contributed by atoms with van der Waals surface area (Å²) in [5.41, 5.74) is 0.562. The molecule has 0 spiro atoms. The summed E-state index contributed by atoms with van der Waals surface area (Å²) < 4.78 is 26.8. The fourth-order valence-corrected chi connectivity index (χ4v) is 7.71. The summed E-state index contributed by atoms with van der Waals surface area (Å²) >= 11 is 12.6. The van der Waals surface area contributed by atoms with Gasteiger partial charge in [-0.05, 0) is 54.7 Å². The molecule has 10 heteroatoms. The van der Waals surface area contributed by atoms with Gasteiger partial charge >= 0.3 is 5.97 Å². The predicted molar refractivity (Wildman–Crippen MR) is 144 cm³/mol. The molecule has 37 heavy (non-hydrogen) atoms. The van der Waals surface area contributed by atoms with Gasteiger partial charge in [-0.25, -0.2) is 8.42 Å². The zero-order valence-corrected chi connectivity index (χ0v) is 23.3. The molecule has 1 unspecified atom stereocenters. The number of carbonyl (C=O) groups excluding carboxylic acids is 1. The fraction of sp³-hybridized carbons (Fsp3) is 0.481. The Morgan fingerprint density at radius 3 is 2.41 bits per heavy atom. The monoisotopic (exact) mass is 566 g/mol. The average molecular weight is 568 g/mol. The number of nitrogens with zero attached hydrogens (tertiary/aromatic N) is 2. The predicted octanol–water partition coefficient (Wildman–Crippen LogP) is 5.35. The minimum Gasteiger partial charge on any atom is -0.481 e. The second-order valence-electron chi connectivity index (χ2n) is 10.3. The van der Waals surface area contributed by atoms with E-state index in [0.717, 1.165) is 11.1 Å². The molecule has 0 aliphatic carbocycles. The highest BCUT2D eigenvalue weighted by molar-refractivity contribution is 7.89. The fourth-order valence-electron chi connectivity index (χ4n) is 5.83. The summed E-state index contributed by atoms with van der Waals surface area (Å²) in [5.74, 6) is -1.51. The molecule has 2 aliphatic heterocycles. The van der Waals surface area contributed by atoms with Crippen LogP contribution in [0.25, 0.3) is 0 Å². The lowest BCUT2D eigenvalue weighted by Crippen LogP contribution is -2.58. The third-order valence-electron chi connectivity index (χ3n) is 7.61. The number of halogens is 2. The first-order chi connectivity index (χ1) is 17.4. The molecule has 1 amide bonds. The van der Waals surface area contributed by atoms with Gasteiger partial charge in [0.2, 0.25) is 15.9 Å². The van der Waals surface area contributed by atoms with E-state index in [-0.39, 0.29) is 30.5 Å². The lowest BCUT2D eigenvalue weighted by Gasteiger charge is -2.52. The number of sulfonamides is 1. The van der Waals surface area contributed by atoms with Crippen molar-refractivity contribution in [2.45, 2.75) is 57.5 Å². The number of amides is 1. The van der Waals surface area contributed by atoms with Crippen molar-refractivity contribution >= 4 is 45.1 Å². The van der Waals surface area contributed by atoms with Crippen LogP contribution in [-0.4, -0.2) is 59.5 Å². The van der Waals surface area contributed by atoms with Crippen LogP contribution in [0.2, 0.25) is 10.0 Å². The van der Waals surface area contributed by atoms with E-state index < -0.39 is 33.5 Å². The Morgan fingerprint density at radius 1 is 1.14 bits per heavy atom. The van der Waals surface area contributed by atoms with Crippen molar-refractivity contribution in [3.05, 3.63) is 69.7 Å². The number of hydrogen-bond acceptors (Lipinski definition) is 4. The summed E-state index contributed by atoms with van der Waals surface area (Å²) in [4.78, 5) is 27.9. The number of carbonyl (C=O) groups is 2. The number of rotatable bonds is 8. The molecule has 2 fully saturated rings. The summed E-state index contributed by atoms with van der Waals surface area (Å²) in [5, 5.41) is 10.9. The van der Waals surface area contributed by atoms with Crippen LogP contribution in [-0.2, 0) is 19.6 Å². The van der Waals surface area contributed by atoms with Crippen molar-refractivity contribution in [3.63, 3.8) is 0 Å². The van der Waals surface area contributed by atoms with Gasteiger partial charge < -0.3 is 10.0 Å². The lowest BCUT2D eigenvalue weighted by atomic mass is 9.67. The molecule has 4 atom stereocenters. The van der Waals surface area contributed by atoms with E-state index in [1.165, 1.54) is 4.31 Å². The van der Waals surface area contributed by atoms with E-state index in [0.29, 0.717) is 35.9 Å². The normalized spacial score (nSPS) is 26.8. The molecule has 2 saturated heterocycles. The zero-order valence-electron chi connectivity index (χ0n) is 20.9. The van der Waals surface area contributed by atoms with Gasteiger partial charge in [0.25, 0.3) is 0 Å². The van der Waals surface area contributed by atoms with E-state index in [1.807, 2.05) is 37.3 Å². The van der Waals surface area contributed by atoms with E-state index >= 15 is 0 Å². The van der Waals surface area contributed by atoms with Crippen LogP contribution in [0.4, 0.5) is 0 Å². The Bertz CT molecular complexity index is 1270. The Labute approximate surface area is 228 Å². The van der Waals surface area contributed by atoms with Crippen LogP contribution < -0.4 is 0 Å². The van der Waals surface area contributed by atoms with Crippen LogP contribution in [0.15, 0.2) is 48.5 Å². The van der Waals surface area contributed by atoms with Crippen LogP contribution in [0.1, 0.15) is 62.6 Å². The zero-order chi connectivity index (χ0) is 27.0. The maximum absolute atomic E-state index is 14.3. The number of carboxylic acid groups (broad SMARTS) is 1. The van der Waals surface area contributed by atoms with E-state index in [4.69, 9.17) is 23.2 Å². The molecule has 1 N–H and O–H groups in total. The highest BCUT2D eigenvalue weighted by Gasteiger charge is 2.52. The third kappa shape index (κ3) is 5.82. The molecule has 0 radical (unpaired) electrons. The molecule has 0 saturated carbocycles. The summed E-state index contributed by atoms with van der Waals surface area (Å²) in [7, 11) is -3.39. The molecule has 2 heterocycles. The van der Waals surface area contributed by atoms with Gasteiger partial charge in [0.05, 0.1) is 23.6 Å². The van der Waals surface area contributed by atoms with E-state index in [2.05, 4.69) is 0 Å². The van der Waals surface area contributed by atoms with Gasteiger partial charge in [-0.3, -0.25) is 9.59 Å². The largest absolute Gasteiger partial charge is 0.481 e. The molecule has 2 aromatic carbocycles. The Balaban J connectivity index is 1.88. The van der Waals surface area contributed by atoms with Crippen molar-refractivity contribution in [1.82, 2.24) is 9.21 Å². The molecule has 4 rings (SSSR count). The van der Waals surface area contributed by atoms with Gasteiger partial charge in [0.1, 0.15) is 0 Å². The molecule has 7 nitrogen and oxygen atoms in total. The SMILES string of the molecule is CCC(CN1CCCS1(=O)=O)N1C(=O)[C@@](C)(CC(=O)O)C[C@H](c2cccc(Cl)c2)[C@H]1c1ccc(Cl)cc1. The second kappa shape index (κ2) is 10.9. The molecule has 0 bridgehead atoms. The van der Waals surface area contributed by atoms with Gasteiger partial charge in [-0.2, -0.15) is 4.31 Å². The first-order valence-electron chi connectivity index (χ1n) is 12.5. The number of aliphatic carboxylic acids is 1. The molecule has 200 valence electrons. The van der Waals surface area contributed by atoms with Crippen molar-refractivity contribution in [2.24, 2.45) is 5.41 Å². The molecule has 2 aliphatic rings. The standard InChI is InChI=1S/C27H32Cl2N2O5S/c1-3-22(17-30-12-5-13-37(30,35)36)31-25(18-8-10-20(28)11-9-18)23(19-6-4-7-21(29)14-19)15-27(2,26(31)34)16-24(32)33/h4,6-11,14,22-23,25H,3,5,12-13,15-17H2,1-2H3,(H,32,33)/t22?,23-,25-,27-/m1/s1. The molecular weight excluding hydrogens is 535 g/mol. The molecule has 2 aromatic rings. The number of piperidine rings is 1. The van der Waals surface area contributed by atoms with Crippen molar-refractivity contribution in [1.29, 1.82) is 0 Å². The minimum atomic E-state index is -3.39. The van der Waals surface area contributed by atoms with Gasteiger partial charge in [-0.15, -0.1) is 0 Å².